The van der Waals surface area contributed by atoms with Crippen molar-refractivity contribution in [3.05, 3.63) is 46.6 Å². The molecular formula is C20H23ClN9O3S-. The molecular weight excluding hydrogens is 482 g/mol. The Bertz CT molecular complexity index is 1170. The molecule has 0 saturated carbocycles. The van der Waals surface area contributed by atoms with E-state index in [9.17, 15) is 8.76 Å². The molecule has 0 amide bonds. The van der Waals surface area contributed by atoms with Crippen LogP contribution in [0.2, 0.25) is 5.15 Å². The van der Waals surface area contributed by atoms with E-state index in [4.69, 9.17) is 22.1 Å². The van der Waals surface area contributed by atoms with Gasteiger partial charge in [-0.15, -0.1) is 0 Å². The summed E-state index contributed by atoms with van der Waals surface area (Å²) in [6.07, 6.45) is 3.31. The predicted octanol–water partition coefficient (Wildman–Crippen LogP) is 1.33. The first-order valence-corrected chi connectivity index (χ1v) is 11.8. The summed E-state index contributed by atoms with van der Waals surface area (Å²) >= 11 is 3.68. The van der Waals surface area contributed by atoms with Crippen molar-refractivity contribution in [1.82, 2.24) is 34.5 Å². The van der Waals surface area contributed by atoms with E-state index in [1.165, 1.54) is 6.20 Å². The number of pyridine rings is 2. The number of anilines is 3. The Labute approximate surface area is 203 Å². The van der Waals surface area contributed by atoms with Crippen molar-refractivity contribution in [2.45, 2.75) is 20.0 Å². The molecule has 0 aromatic carbocycles. The molecule has 14 heteroatoms. The molecule has 4 N–H and O–H groups in total. The number of morpholine rings is 1. The van der Waals surface area contributed by atoms with Gasteiger partial charge in [-0.25, -0.2) is 19.7 Å². The van der Waals surface area contributed by atoms with Crippen LogP contribution in [0, 0.1) is 6.92 Å². The highest BCUT2D eigenvalue weighted by atomic mass is 35.5. The van der Waals surface area contributed by atoms with Crippen LogP contribution in [0.25, 0.3) is 11.4 Å². The Morgan fingerprint density at radius 2 is 2.00 bits per heavy atom. The second-order valence-corrected chi connectivity index (χ2v) is 8.66. The van der Waals surface area contributed by atoms with Crippen LogP contribution >= 0.6 is 11.6 Å². The number of ether oxygens (including phenoxy) is 1. The van der Waals surface area contributed by atoms with Gasteiger partial charge in [-0.1, -0.05) is 11.6 Å². The van der Waals surface area contributed by atoms with Crippen molar-refractivity contribution in [1.29, 1.82) is 0 Å². The molecule has 0 radical (unpaired) electrons. The number of rotatable bonds is 8. The van der Waals surface area contributed by atoms with Gasteiger partial charge < -0.3 is 20.3 Å². The number of halogens is 1. The zero-order valence-corrected chi connectivity index (χ0v) is 19.9. The van der Waals surface area contributed by atoms with Crippen molar-refractivity contribution in [3.63, 3.8) is 0 Å². The van der Waals surface area contributed by atoms with Crippen molar-refractivity contribution in [2.24, 2.45) is 0 Å². The quantitative estimate of drug-likeness (QED) is 0.299. The first-order valence-electron chi connectivity index (χ1n) is 10.4. The molecule has 34 heavy (non-hydrogen) atoms. The molecule has 1 aliphatic heterocycles. The maximum Gasteiger partial charge on any atom is 0.223 e. The van der Waals surface area contributed by atoms with Gasteiger partial charge in [0.25, 0.3) is 0 Å². The minimum Gasteiger partial charge on any atom is -0.760 e. The second-order valence-electron chi connectivity index (χ2n) is 7.55. The largest absolute Gasteiger partial charge is 0.760 e. The number of nitrogens with two attached hydrogens (primary N) is 1. The monoisotopic (exact) mass is 504 g/mol. The van der Waals surface area contributed by atoms with E-state index in [0.717, 1.165) is 18.7 Å². The lowest BCUT2D eigenvalue weighted by Crippen LogP contribution is -2.35. The van der Waals surface area contributed by atoms with Crippen molar-refractivity contribution < 1.29 is 13.5 Å². The van der Waals surface area contributed by atoms with E-state index < -0.39 is 11.3 Å². The molecule has 1 atom stereocenters. The third-order valence-electron chi connectivity index (χ3n) is 5.01. The van der Waals surface area contributed by atoms with E-state index in [-0.39, 0.29) is 17.6 Å². The van der Waals surface area contributed by atoms with E-state index in [1.807, 2.05) is 6.07 Å². The lowest BCUT2D eigenvalue weighted by atomic mass is 10.1. The molecule has 4 rings (SSSR count). The Morgan fingerprint density at radius 3 is 2.74 bits per heavy atom. The molecule has 180 valence electrons. The summed E-state index contributed by atoms with van der Waals surface area (Å²) in [5, 5.41) is 3.40. The highest BCUT2D eigenvalue weighted by Crippen LogP contribution is 2.29. The molecule has 1 saturated heterocycles. The third-order valence-corrected chi connectivity index (χ3v) is 5.73. The van der Waals surface area contributed by atoms with Crippen LogP contribution < -0.4 is 15.8 Å². The summed E-state index contributed by atoms with van der Waals surface area (Å²) in [4.78, 5) is 23.8. The van der Waals surface area contributed by atoms with Crippen molar-refractivity contribution >= 4 is 40.3 Å². The van der Waals surface area contributed by atoms with Gasteiger partial charge in [-0.05, 0) is 24.6 Å². The van der Waals surface area contributed by atoms with Crippen LogP contribution in [0.1, 0.15) is 17.0 Å². The number of hydrogen-bond acceptors (Lipinski definition) is 11. The number of nitrogen functional groups attached to an aromatic ring is 1. The summed E-state index contributed by atoms with van der Waals surface area (Å²) in [5.74, 6) is 1.46. The SMILES string of the molecule is Cc1nc(N)nc(-c2cc(CN3CCOCC3)cnc2Nc2cnc(Cl)c(CNS(=O)[O-])c2)n1. The van der Waals surface area contributed by atoms with Crippen LogP contribution in [0.3, 0.4) is 0 Å². The zero-order valence-electron chi connectivity index (χ0n) is 18.3. The molecule has 3 aromatic heterocycles. The smallest absolute Gasteiger partial charge is 0.223 e. The summed E-state index contributed by atoms with van der Waals surface area (Å²) < 4.78 is 29.4. The maximum atomic E-state index is 10.9. The lowest BCUT2D eigenvalue weighted by molar-refractivity contribution is 0.0341. The number of nitrogens with one attached hydrogen (secondary N) is 2. The van der Waals surface area contributed by atoms with Crippen molar-refractivity contribution in [2.75, 3.05) is 37.4 Å². The number of nitrogens with zero attached hydrogens (tertiary/aromatic N) is 6. The van der Waals surface area contributed by atoms with Crippen molar-refractivity contribution in [3.8, 4) is 11.4 Å². The minimum absolute atomic E-state index is 0.000564. The first-order chi connectivity index (χ1) is 16.4. The van der Waals surface area contributed by atoms with Gasteiger partial charge in [-0.2, -0.15) is 9.97 Å². The fourth-order valence-electron chi connectivity index (χ4n) is 3.46. The number of aromatic nitrogens is 5. The summed E-state index contributed by atoms with van der Waals surface area (Å²) in [5.41, 5.74) is 8.56. The number of hydrogen-bond donors (Lipinski definition) is 3. The van der Waals surface area contributed by atoms with Crippen LogP contribution in [0.5, 0.6) is 0 Å². The van der Waals surface area contributed by atoms with E-state index in [2.05, 4.69) is 39.9 Å². The van der Waals surface area contributed by atoms with Gasteiger partial charge in [0.05, 0.1) is 30.7 Å². The van der Waals surface area contributed by atoms with E-state index in [1.54, 1.807) is 19.2 Å². The topological polar surface area (TPSA) is 167 Å². The van der Waals surface area contributed by atoms with E-state index in [0.29, 0.717) is 54.0 Å². The number of aryl methyl sites for hydroxylation is 1. The molecule has 1 aliphatic rings. The van der Waals surface area contributed by atoms with E-state index >= 15 is 0 Å². The molecule has 0 aliphatic carbocycles. The standard InChI is InChI=1S/C20H24ClN9O3S/c1-12-26-19(29-20(22)27-12)16-6-13(11-30-2-4-33-5-3-30)8-24-18(16)28-15-7-14(9-25-34(31)32)17(21)23-10-15/h6-8,10,25H,2-5,9,11H2,1H3,(H,24,28)(H,31,32)(H2,22,26,27,29)/p-1. The van der Waals surface area contributed by atoms with Gasteiger partial charge in [0, 0.05) is 49.2 Å². The van der Waals surface area contributed by atoms with Crippen LogP contribution in [0.15, 0.2) is 24.5 Å². The Hall–Kier alpha value is -2.81. The molecule has 0 bridgehead atoms. The molecule has 4 heterocycles. The first kappa shape index (κ1) is 24.3. The third kappa shape index (κ3) is 6.40. The lowest BCUT2D eigenvalue weighted by Gasteiger charge is -2.26. The molecule has 1 unspecified atom stereocenters. The molecule has 12 nitrogen and oxygen atoms in total. The molecule has 1 fully saturated rings. The average Bonchev–Trinajstić information content (AvgIpc) is 2.80. The molecule has 3 aromatic rings. The summed E-state index contributed by atoms with van der Waals surface area (Å²) in [7, 11) is 0. The minimum atomic E-state index is -2.42. The second kappa shape index (κ2) is 11.1. The fraction of sp³-hybridized carbons (Fsp3) is 0.350. The van der Waals surface area contributed by atoms with Crippen LogP contribution in [-0.2, 0) is 29.1 Å². The fourth-order valence-corrected chi connectivity index (χ4v) is 3.91. The van der Waals surface area contributed by atoms with Crippen LogP contribution in [0.4, 0.5) is 17.5 Å². The Kier molecular flexibility index (Phi) is 7.92. The zero-order chi connectivity index (χ0) is 24.1. The van der Waals surface area contributed by atoms with Gasteiger partial charge in [0.15, 0.2) is 5.82 Å². The average molecular weight is 505 g/mol. The predicted molar refractivity (Wildman–Crippen MR) is 127 cm³/mol. The van der Waals surface area contributed by atoms with Crippen LogP contribution in [-0.4, -0.2) is 64.9 Å². The normalized spacial score (nSPS) is 15.3. The summed E-state index contributed by atoms with van der Waals surface area (Å²) in [6.45, 7) is 5.52. The Morgan fingerprint density at radius 1 is 1.21 bits per heavy atom. The molecule has 0 spiro atoms. The summed E-state index contributed by atoms with van der Waals surface area (Å²) in [6, 6.07) is 3.65. The Balaban J connectivity index is 1.67. The van der Waals surface area contributed by atoms with Gasteiger partial charge in [0.1, 0.15) is 16.8 Å². The highest BCUT2D eigenvalue weighted by molar-refractivity contribution is 7.77. The van der Waals surface area contributed by atoms with Gasteiger partial charge >= 0.3 is 0 Å². The van der Waals surface area contributed by atoms with Gasteiger partial charge in [0.2, 0.25) is 5.95 Å². The van der Waals surface area contributed by atoms with Gasteiger partial charge in [-0.3, -0.25) is 9.11 Å². The highest BCUT2D eigenvalue weighted by Gasteiger charge is 2.17. The maximum absolute atomic E-state index is 10.9.